The molecular weight excluding hydrogens is 166 g/mol. The van der Waals surface area contributed by atoms with Crippen molar-refractivity contribution in [1.29, 1.82) is 0 Å². The molecule has 1 fully saturated rings. The van der Waals surface area contributed by atoms with E-state index in [1.165, 1.54) is 0 Å². The Balaban J connectivity index is 2.15. The van der Waals surface area contributed by atoms with Crippen LogP contribution in [0.5, 0.6) is 0 Å². The van der Waals surface area contributed by atoms with Crippen LogP contribution in [0.2, 0.25) is 5.35 Å². The predicted octanol–water partition coefficient (Wildman–Crippen LogP) is 1.83. The summed E-state index contributed by atoms with van der Waals surface area (Å²) in [4.78, 5) is 3.80. The Kier molecular flexibility index (Phi) is 1.84. The summed E-state index contributed by atoms with van der Waals surface area (Å²) in [5.41, 5.74) is 0. The maximum Gasteiger partial charge on any atom is 0.292 e. The fourth-order valence-electron chi connectivity index (χ4n) is 1.21. The SMILES string of the molecule is Clc1ncc(C2CCOC2)o1. The summed E-state index contributed by atoms with van der Waals surface area (Å²) in [5.74, 6) is 1.20. The average Bonchev–Trinajstić information content (AvgIpc) is 2.55. The number of nitrogens with zero attached hydrogens (tertiary/aromatic N) is 1. The lowest BCUT2D eigenvalue weighted by molar-refractivity contribution is 0.191. The lowest BCUT2D eigenvalue weighted by Gasteiger charge is -1.99. The quantitative estimate of drug-likeness (QED) is 0.650. The molecule has 11 heavy (non-hydrogen) atoms. The van der Waals surface area contributed by atoms with Gasteiger partial charge < -0.3 is 9.15 Å². The first-order valence-corrected chi connectivity index (χ1v) is 3.93. The molecule has 2 rings (SSSR count). The van der Waals surface area contributed by atoms with Crippen LogP contribution in [0.1, 0.15) is 18.1 Å². The van der Waals surface area contributed by atoms with E-state index in [1.807, 2.05) is 0 Å². The van der Waals surface area contributed by atoms with E-state index in [2.05, 4.69) is 4.98 Å². The third kappa shape index (κ3) is 1.39. The molecule has 0 aromatic carbocycles. The molecule has 1 aliphatic heterocycles. The topological polar surface area (TPSA) is 35.3 Å². The number of halogens is 1. The molecule has 1 aromatic heterocycles. The first-order chi connectivity index (χ1) is 5.36. The Bertz CT molecular complexity index is 242. The largest absolute Gasteiger partial charge is 0.432 e. The Hall–Kier alpha value is -0.540. The number of ether oxygens (including phenoxy) is 1. The first-order valence-electron chi connectivity index (χ1n) is 3.55. The molecule has 2 heterocycles. The summed E-state index contributed by atoms with van der Waals surface area (Å²) in [6, 6.07) is 0. The van der Waals surface area contributed by atoms with Gasteiger partial charge in [0, 0.05) is 12.5 Å². The standard InChI is InChI=1S/C7H8ClNO2/c8-7-9-3-6(11-7)5-1-2-10-4-5/h3,5H,1-2,4H2. The van der Waals surface area contributed by atoms with Crippen LogP contribution in [-0.4, -0.2) is 18.2 Å². The lowest BCUT2D eigenvalue weighted by Crippen LogP contribution is -1.94. The van der Waals surface area contributed by atoms with Crippen molar-refractivity contribution in [2.75, 3.05) is 13.2 Å². The molecule has 1 unspecified atom stereocenters. The predicted molar refractivity (Wildman–Crippen MR) is 39.7 cm³/mol. The molecule has 0 bridgehead atoms. The van der Waals surface area contributed by atoms with Crippen molar-refractivity contribution in [3.05, 3.63) is 17.3 Å². The molecule has 4 heteroatoms. The number of rotatable bonds is 1. The van der Waals surface area contributed by atoms with Crippen LogP contribution < -0.4 is 0 Å². The molecular formula is C7H8ClNO2. The maximum absolute atomic E-state index is 5.52. The number of hydrogen-bond donors (Lipinski definition) is 0. The van der Waals surface area contributed by atoms with E-state index in [9.17, 15) is 0 Å². The van der Waals surface area contributed by atoms with Crippen molar-refractivity contribution in [1.82, 2.24) is 4.98 Å². The third-order valence-corrected chi connectivity index (χ3v) is 2.00. The van der Waals surface area contributed by atoms with Crippen molar-refractivity contribution in [3.8, 4) is 0 Å². The Labute approximate surface area is 69.3 Å². The van der Waals surface area contributed by atoms with E-state index >= 15 is 0 Å². The van der Waals surface area contributed by atoms with Crippen LogP contribution in [0, 0.1) is 0 Å². The molecule has 1 saturated heterocycles. The van der Waals surface area contributed by atoms with E-state index in [-0.39, 0.29) is 5.35 Å². The van der Waals surface area contributed by atoms with Crippen molar-refractivity contribution in [2.45, 2.75) is 12.3 Å². The molecule has 0 saturated carbocycles. The Morgan fingerprint density at radius 3 is 3.09 bits per heavy atom. The highest BCUT2D eigenvalue weighted by atomic mass is 35.5. The molecule has 0 N–H and O–H groups in total. The van der Waals surface area contributed by atoms with Gasteiger partial charge in [0.25, 0.3) is 5.35 Å². The fraction of sp³-hybridized carbons (Fsp3) is 0.571. The van der Waals surface area contributed by atoms with Crippen molar-refractivity contribution < 1.29 is 9.15 Å². The highest BCUT2D eigenvalue weighted by Crippen LogP contribution is 2.26. The Morgan fingerprint density at radius 1 is 1.64 bits per heavy atom. The van der Waals surface area contributed by atoms with Crippen molar-refractivity contribution >= 4 is 11.6 Å². The summed E-state index contributed by atoms with van der Waals surface area (Å²) in [6.07, 6.45) is 2.67. The molecule has 1 aromatic rings. The minimum atomic E-state index is 0.215. The van der Waals surface area contributed by atoms with E-state index in [0.717, 1.165) is 25.4 Å². The van der Waals surface area contributed by atoms with Crippen LogP contribution in [0.25, 0.3) is 0 Å². The van der Waals surface area contributed by atoms with E-state index in [0.29, 0.717) is 5.92 Å². The summed E-state index contributed by atoms with van der Waals surface area (Å²) in [6.45, 7) is 1.54. The van der Waals surface area contributed by atoms with Gasteiger partial charge in [-0.3, -0.25) is 0 Å². The summed E-state index contributed by atoms with van der Waals surface area (Å²) < 4.78 is 10.3. The van der Waals surface area contributed by atoms with Gasteiger partial charge in [0.2, 0.25) is 0 Å². The molecule has 0 aliphatic carbocycles. The van der Waals surface area contributed by atoms with Gasteiger partial charge in [-0.15, -0.1) is 0 Å². The second-order valence-corrected chi connectivity index (χ2v) is 2.90. The highest BCUT2D eigenvalue weighted by Gasteiger charge is 2.21. The second kappa shape index (κ2) is 2.83. The molecule has 0 spiro atoms. The number of hydrogen-bond acceptors (Lipinski definition) is 3. The van der Waals surface area contributed by atoms with Gasteiger partial charge in [0.1, 0.15) is 5.76 Å². The van der Waals surface area contributed by atoms with E-state index < -0.39 is 0 Å². The van der Waals surface area contributed by atoms with Crippen LogP contribution in [0.4, 0.5) is 0 Å². The third-order valence-electron chi connectivity index (χ3n) is 1.83. The second-order valence-electron chi connectivity index (χ2n) is 2.58. The average molecular weight is 174 g/mol. The van der Waals surface area contributed by atoms with Gasteiger partial charge in [-0.05, 0) is 18.0 Å². The smallest absolute Gasteiger partial charge is 0.292 e. The Morgan fingerprint density at radius 2 is 2.55 bits per heavy atom. The summed E-state index contributed by atoms with van der Waals surface area (Å²) >= 11 is 5.52. The minimum absolute atomic E-state index is 0.215. The van der Waals surface area contributed by atoms with Gasteiger partial charge >= 0.3 is 0 Å². The molecule has 60 valence electrons. The number of aromatic nitrogens is 1. The van der Waals surface area contributed by atoms with E-state index in [1.54, 1.807) is 6.20 Å². The normalized spacial score (nSPS) is 24.3. The first kappa shape index (κ1) is 7.13. The van der Waals surface area contributed by atoms with Gasteiger partial charge in [0.15, 0.2) is 0 Å². The molecule has 3 nitrogen and oxygen atoms in total. The lowest BCUT2D eigenvalue weighted by atomic mass is 10.1. The van der Waals surface area contributed by atoms with E-state index in [4.69, 9.17) is 20.8 Å². The van der Waals surface area contributed by atoms with Crippen LogP contribution in [0.3, 0.4) is 0 Å². The molecule has 0 amide bonds. The van der Waals surface area contributed by atoms with Gasteiger partial charge in [-0.1, -0.05) is 0 Å². The number of oxazole rings is 1. The zero-order valence-electron chi connectivity index (χ0n) is 5.92. The zero-order valence-corrected chi connectivity index (χ0v) is 6.67. The monoisotopic (exact) mass is 173 g/mol. The fourth-order valence-corrected chi connectivity index (χ4v) is 1.35. The highest BCUT2D eigenvalue weighted by molar-refractivity contribution is 6.27. The van der Waals surface area contributed by atoms with Crippen molar-refractivity contribution in [3.63, 3.8) is 0 Å². The van der Waals surface area contributed by atoms with Gasteiger partial charge in [-0.2, -0.15) is 0 Å². The van der Waals surface area contributed by atoms with Crippen LogP contribution in [-0.2, 0) is 4.74 Å². The molecule has 1 atom stereocenters. The molecule has 0 radical (unpaired) electrons. The maximum atomic E-state index is 5.52. The van der Waals surface area contributed by atoms with Gasteiger partial charge in [-0.25, -0.2) is 4.98 Å². The summed E-state index contributed by atoms with van der Waals surface area (Å²) in [7, 11) is 0. The van der Waals surface area contributed by atoms with Crippen LogP contribution >= 0.6 is 11.6 Å². The van der Waals surface area contributed by atoms with Gasteiger partial charge in [0.05, 0.1) is 12.8 Å². The summed E-state index contributed by atoms with van der Waals surface area (Å²) in [5, 5.41) is 0.215. The van der Waals surface area contributed by atoms with Crippen LogP contribution in [0.15, 0.2) is 10.6 Å². The zero-order chi connectivity index (χ0) is 7.68. The van der Waals surface area contributed by atoms with Crippen molar-refractivity contribution in [2.24, 2.45) is 0 Å². The molecule has 1 aliphatic rings. The minimum Gasteiger partial charge on any atom is -0.432 e.